The highest BCUT2D eigenvalue weighted by Gasteiger charge is 2.18. The van der Waals surface area contributed by atoms with E-state index in [0.29, 0.717) is 12.0 Å². The van der Waals surface area contributed by atoms with Gasteiger partial charge in [0.05, 0.1) is 19.3 Å². The minimum Gasteiger partial charge on any atom is -0.381 e. The average molecular weight is 215 g/mol. The third-order valence-corrected chi connectivity index (χ3v) is 3.04. The Hall–Kier alpha value is -0.120. The predicted octanol–water partition coefficient (Wildman–Crippen LogP) is 1.82. The van der Waals surface area contributed by atoms with E-state index in [1.165, 1.54) is 6.42 Å². The highest BCUT2D eigenvalue weighted by Crippen LogP contribution is 2.13. The molecular formula is C12H25NO2. The maximum Gasteiger partial charge on any atom is 0.0697 e. The summed E-state index contributed by atoms with van der Waals surface area (Å²) in [5.41, 5.74) is 0. The van der Waals surface area contributed by atoms with E-state index in [2.05, 4.69) is 26.1 Å². The van der Waals surface area contributed by atoms with Gasteiger partial charge in [0, 0.05) is 18.6 Å². The first kappa shape index (κ1) is 12.9. The summed E-state index contributed by atoms with van der Waals surface area (Å²) >= 11 is 0. The van der Waals surface area contributed by atoms with Gasteiger partial charge in [0.15, 0.2) is 0 Å². The third kappa shape index (κ3) is 4.96. The molecule has 1 fully saturated rings. The lowest BCUT2D eigenvalue weighted by Crippen LogP contribution is -2.38. The molecule has 0 amide bonds. The van der Waals surface area contributed by atoms with Crippen LogP contribution < -0.4 is 5.32 Å². The summed E-state index contributed by atoms with van der Waals surface area (Å²) < 4.78 is 11.2. The first-order valence-corrected chi connectivity index (χ1v) is 6.16. The van der Waals surface area contributed by atoms with Crippen molar-refractivity contribution >= 4 is 0 Å². The minimum atomic E-state index is 0.289. The summed E-state index contributed by atoms with van der Waals surface area (Å²) in [6.45, 7) is 10.2. The van der Waals surface area contributed by atoms with Gasteiger partial charge in [-0.05, 0) is 33.2 Å². The summed E-state index contributed by atoms with van der Waals surface area (Å²) in [6.07, 6.45) is 2.62. The van der Waals surface area contributed by atoms with Crippen LogP contribution in [0.15, 0.2) is 0 Å². The molecular weight excluding hydrogens is 190 g/mol. The number of ether oxygens (including phenoxy) is 2. The van der Waals surface area contributed by atoms with Crippen LogP contribution in [0.3, 0.4) is 0 Å². The number of rotatable bonds is 7. The third-order valence-electron chi connectivity index (χ3n) is 3.04. The van der Waals surface area contributed by atoms with Gasteiger partial charge in [-0.3, -0.25) is 0 Å². The second-order valence-electron chi connectivity index (χ2n) is 4.51. The van der Waals surface area contributed by atoms with E-state index in [-0.39, 0.29) is 6.10 Å². The maximum absolute atomic E-state index is 5.84. The Balaban J connectivity index is 2.08. The summed E-state index contributed by atoms with van der Waals surface area (Å²) in [7, 11) is 0. The van der Waals surface area contributed by atoms with Crippen molar-refractivity contribution in [2.75, 3.05) is 26.4 Å². The molecule has 0 radical (unpaired) electrons. The van der Waals surface area contributed by atoms with Crippen molar-refractivity contribution in [3.63, 3.8) is 0 Å². The Morgan fingerprint density at radius 1 is 1.47 bits per heavy atom. The topological polar surface area (TPSA) is 30.5 Å². The zero-order valence-electron chi connectivity index (χ0n) is 10.3. The van der Waals surface area contributed by atoms with Crippen LogP contribution in [0.25, 0.3) is 0 Å². The Bertz CT molecular complexity index is 158. The molecule has 90 valence electrons. The molecule has 0 spiro atoms. The molecule has 1 rings (SSSR count). The van der Waals surface area contributed by atoms with Crippen LogP contribution in [0.2, 0.25) is 0 Å². The molecule has 0 bridgehead atoms. The average Bonchev–Trinajstić information content (AvgIpc) is 2.75. The zero-order chi connectivity index (χ0) is 11.1. The van der Waals surface area contributed by atoms with Gasteiger partial charge in [0.25, 0.3) is 0 Å². The molecule has 1 saturated heterocycles. The number of hydrogen-bond acceptors (Lipinski definition) is 3. The molecule has 3 nitrogen and oxygen atoms in total. The molecule has 3 unspecified atom stereocenters. The Morgan fingerprint density at radius 3 is 2.87 bits per heavy atom. The smallest absolute Gasteiger partial charge is 0.0697 e. The fourth-order valence-corrected chi connectivity index (χ4v) is 1.68. The molecule has 0 saturated carbocycles. The van der Waals surface area contributed by atoms with Crippen LogP contribution >= 0.6 is 0 Å². The molecule has 1 aliphatic rings. The first-order chi connectivity index (χ1) is 7.24. The quantitative estimate of drug-likeness (QED) is 0.702. The van der Waals surface area contributed by atoms with Gasteiger partial charge in [0.2, 0.25) is 0 Å². The molecule has 0 aromatic heterocycles. The van der Waals surface area contributed by atoms with Crippen LogP contribution in [0.5, 0.6) is 0 Å². The Labute approximate surface area is 93.5 Å². The Kier molecular flexibility index (Phi) is 6.22. The SMILES string of the molecule is CCCNC(C)C(C)OCC1CCOC1. The van der Waals surface area contributed by atoms with Crippen molar-refractivity contribution in [3.05, 3.63) is 0 Å². The standard InChI is InChI=1S/C12H25NO2/c1-4-6-13-10(2)11(3)15-9-12-5-7-14-8-12/h10-13H,4-9H2,1-3H3. The normalized spacial score (nSPS) is 25.4. The second-order valence-corrected chi connectivity index (χ2v) is 4.51. The van der Waals surface area contributed by atoms with E-state index in [0.717, 1.165) is 32.8 Å². The van der Waals surface area contributed by atoms with Crippen molar-refractivity contribution in [2.24, 2.45) is 5.92 Å². The van der Waals surface area contributed by atoms with Gasteiger partial charge < -0.3 is 14.8 Å². The van der Waals surface area contributed by atoms with Crippen LogP contribution in [-0.4, -0.2) is 38.5 Å². The van der Waals surface area contributed by atoms with Crippen LogP contribution in [0.4, 0.5) is 0 Å². The molecule has 3 atom stereocenters. The van der Waals surface area contributed by atoms with E-state index in [4.69, 9.17) is 9.47 Å². The number of hydrogen-bond donors (Lipinski definition) is 1. The highest BCUT2D eigenvalue weighted by molar-refractivity contribution is 4.70. The van der Waals surface area contributed by atoms with Crippen LogP contribution in [-0.2, 0) is 9.47 Å². The van der Waals surface area contributed by atoms with Crippen molar-refractivity contribution in [3.8, 4) is 0 Å². The zero-order valence-corrected chi connectivity index (χ0v) is 10.3. The van der Waals surface area contributed by atoms with Gasteiger partial charge in [-0.15, -0.1) is 0 Å². The van der Waals surface area contributed by atoms with Crippen molar-refractivity contribution in [1.29, 1.82) is 0 Å². The molecule has 1 N–H and O–H groups in total. The van der Waals surface area contributed by atoms with E-state index >= 15 is 0 Å². The number of nitrogens with one attached hydrogen (secondary N) is 1. The fourth-order valence-electron chi connectivity index (χ4n) is 1.68. The summed E-state index contributed by atoms with van der Waals surface area (Å²) in [4.78, 5) is 0. The van der Waals surface area contributed by atoms with Crippen LogP contribution in [0.1, 0.15) is 33.6 Å². The van der Waals surface area contributed by atoms with E-state index < -0.39 is 0 Å². The lowest BCUT2D eigenvalue weighted by Gasteiger charge is -2.22. The lowest BCUT2D eigenvalue weighted by molar-refractivity contribution is 0.0186. The van der Waals surface area contributed by atoms with Gasteiger partial charge in [0.1, 0.15) is 0 Å². The van der Waals surface area contributed by atoms with Crippen molar-refractivity contribution in [1.82, 2.24) is 5.32 Å². The largest absolute Gasteiger partial charge is 0.381 e. The van der Waals surface area contributed by atoms with E-state index in [9.17, 15) is 0 Å². The van der Waals surface area contributed by atoms with E-state index in [1.54, 1.807) is 0 Å². The molecule has 0 aromatic carbocycles. The van der Waals surface area contributed by atoms with Gasteiger partial charge in [-0.1, -0.05) is 6.92 Å². The van der Waals surface area contributed by atoms with Gasteiger partial charge in [-0.2, -0.15) is 0 Å². The maximum atomic E-state index is 5.84. The van der Waals surface area contributed by atoms with Gasteiger partial charge >= 0.3 is 0 Å². The summed E-state index contributed by atoms with van der Waals surface area (Å²) in [5, 5.41) is 3.45. The molecule has 0 aromatic rings. The van der Waals surface area contributed by atoms with Crippen molar-refractivity contribution in [2.45, 2.75) is 45.8 Å². The molecule has 15 heavy (non-hydrogen) atoms. The Morgan fingerprint density at radius 2 is 2.27 bits per heavy atom. The summed E-state index contributed by atoms with van der Waals surface area (Å²) in [5.74, 6) is 0.617. The highest BCUT2D eigenvalue weighted by atomic mass is 16.5. The molecule has 0 aliphatic carbocycles. The monoisotopic (exact) mass is 215 g/mol. The predicted molar refractivity (Wildman–Crippen MR) is 62.1 cm³/mol. The molecule has 3 heteroatoms. The lowest BCUT2D eigenvalue weighted by atomic mass is 10.1. The van der Waals surface area contributed by atoms with Crippen LogP contribution in [0, 0.1) is 5.92 Å². The van der Waals surface area contributed by atoms with Gasteiger partial charge in [-0.25, -0.2) is 0 Å². The fraction of sp³-hybridized carbons (Fsp3) is 1.00. The van der Waals surface area contributed by atoms with E-state index in [1.807, 2.05) is 0 Å². The minimum absolute atomic E-state index is 0.289. The first-order valence-electron chi connectivity index (χ1n) is 6.16. The molecule has 1 heterocycles. The van der Waals surface area contributed by atoms with Crippen molar-refractivity contribution < 1.29 is 9.47 Å². The molecule has 1 aliphatic heterocycles. The second kappa shape index (κ2) is 7.20. The summed E-state index contributed by atoms with van der Waals surface area (Å²) in [6, 6.07) is 0.437.